The molecule has 6 nitrogen and oxygen atoms in total. The van der Waals surface area contributed by atoms with E-state index in [1.807, 2.05) is 13.0 Å². The Morgan fingerprint density at radius 1 is 1.07 bits per heavy atom. The number of ketones is 2. The third-order valence-corrected chi connectivity index (χ3v) is 10.2. The third kappa shape index (κ3) is 9.84. The maximum absolute atomic E-state index is 13.8. The molecule has 2 atom stereocenters. The molecule has 2 aromatic rings. The van der Waals surface area contributed by atoms with E-state index in [4.69, 9.17) is 4.98 Å². The van der Waals surface area contributed by atoms with E-state index < -0.39 is 5.92 Å². The summed E-state index contributed by atoms with van der Waals surface area (Å²) in [6, 6.07) is 6.35. The van der Waals surface area contributed by atoms with Crippen molar-refractivity contribution >= 4 is 39.0 Å². The van der Waals surface area contributed by atoms with Gasteiger partial charge in [0.2, 0.25) is 5.91 Å². The van der Waals surface area contributed by atoms with Crippen molar-refractivity contribution in [1.82, 2.24) is 15.2 Å². The molecule has 1 saturated heterocycles. The zero-order valence-corrected chi connectivity index (χ0v) is 26.9. The van der Waals surface area contributed by atoms with Crippen LogP contribution in [0.2, 0.25) is 0 Å². The van der Waals surface area contributed by atoms with Gasteiger partial charge in [0, 0.05) is 38.3 Å². The van der Waals surface area contributed by atoms with Gasteiger partial charge in [-0.1, -0.05) is 58.6 Å². The summed E-state index contributed by atoms with van der Waals surface area (Å²) in [4.78, 5) is 46.4. The standard InChI is InChI=1S/C35H51N3O3S/c1-4-29(39)22-28(24-34-36-32-17-15-27(25(2)3)23-33(32)42-34)35(41)37-31(26-12-7-5-8-13-26)18-16-30(40)14-11-21-38-19-9-6-10-20-38/h11,14-15,17,23,25-26,28,31H,4-10,12-13,16,18-22,24H2,1-3H3,(H,37,41)/b14-11+/t28-,31+/m0/s1. The Balaban J connectivity index is 1.41. The van der Waals surface area contributed by atoms with E-state index in [0.717, 1.165) is 47.7 Å². The predicted molar refractivity (Wildman–Crippen MR) is 173 cm³/mol. The molecular formula is C35H51N3O3S. The number of nitrogens with zero attached hydrogens (tertiary/aromatic N) is 2. The number of allylic oxidation sites excluding steroid dienone is 1. The number of carbonyl (C=O) groups is 3. The molecule has 230 valence electrons. The number of rotatable bonds is 15. The molecule has 0 spiro atoms. The highest BCUT2D eigenvalue weighted by molar-refractivity contribution is 7.18. The first-order chi connectivity index (χ1) is 20.3. The normalized spacial score (nSPS) is 18.5. The molecule has 42 heavy (non-hydrogen) atoms. The second kappa shape index (κ2) is 16.5. The van der Waals surface area contributed by atoms with E-state index in [2.05, 4.69) is 42.3 Å². The smallest absolute Gasteiger partial charge is 0.224 e. The minimum Gasteiger partial charge on any atom is -0.353 e. The van der Waals surface area contributed by atoms with Crippen molar-refractivity contribution in [2.45, 2.75) is 116 Å². The molecule has 1 aromatic heterocycles. The zero-order chi connectivity index (χ0) is 29.9. The lowest BCUT2D eigenvalue weighted by molar-refractivity contribution is -0.130. The molecule has 1 aliphatic carbocycles. The lowest BCUT2D eigenvalue weighted by Gasteiger charge is -2.32. The van der Waals surface area contributed by atoms with Gasteiger partial charge in [-0.25, -0.2) is 4.98 Å². The largest absolute Gasteiger partial charge is 0.353 e. The van der Waals surface area contributed by atoms with Crippen LogP contribution in [0.3, 0.4) is 0 Å². The van der Waals surface area contributed by atoms with Crippen LogP contribution in [0.4, 0.5) is 0 Å². The molecule has 2 heterocycles. The van der Waals surface area contributed by atoms with Gasteiger partial charge in [0.05, 0.1) is 21.1 Å². The second-order valence-corrected chi connectivity index (χ2v) is 13.9. The molecule has 1 saturated carbocycles. The van der Waals surface area contributed by atoms with Crippen molar-refractivity contribution in [2.75, 3.05) is 19.6 Å². The number of fused-ring (bicyclic) bond motifs is 1. The SMILES string of the molecule is CCC(=O)C[C@@H](Cc1nc2ccc(C(C)C)cc2s1)C(=O)N[C@H](CCC(=O)/C=C/CN1CCCCC1)C1CCCCC1. The van der Waals surface area contributed by atoms with E-state index in [1.54, 1.807) is 17.4 Å². The number of piperidine rings is 1. The monoisotopic (exact) mass is 593 g/mol. The van der Waals surface area contributed by atoms with Crippen molar-refractivity contribution in [1.29, 1.82) is 0 Å². The van der Waals surface area contributed by atoms with Gasteiger partial charge in [0.25, 0.3) is 0 Å². The number of hydrogen-bond donors (Lipinski definition) is 1. The average molecular weight is 594 g/mol. The molecular weight excluding hydrogens is 542 g/mol. The summed E-state index contributed by atoms with van der Waals surface area (Å²) >= 11 is 1.63. The Morgan fingerprint density at radius 3 is 2.52 bits per heavy atom. The third-order valence-electron chi connectivity index (χ3n) is 9.15. The van der Waals surface area contributed by atoms with Crippen molar-refractivity contribution < 1.29 is 14.4 Å². The first-order valence-corrected chi connectivity index (χ1v) is 17.3. The van der Waals surface area contributed by atoms with E-state index in [-0.39, 0.29) is 29.9 Å². The van der Waals surface area contributed by atoms with Gasteiger partial charge < -0.3 is 5.32 Å². The lowest BCUT2D eigenvalue weighted by atomic mass is 9.81. The van der Waals surface area contributed by atoms with Crippen LogP contribution in [0.15, 0.2) is 30.4 Å². The maximum Gasteiger partial charge on any atom is 0.224 e. The molecule has 2 fully saturated rings. The highest BCUT2D eigenvalue weighted by Crippen LogP contribution is 2.31. The number of nitrogens with one attached hydrogen (secondary N) is 1. The van der Waals surface area contributed by atoms with Crippen LogP contribution >= 0.6 is 11.3 Å². The number of thiazole rings is 1. The molecule has 4 rings (SSSR count). The molecule has 2 aliphatic rings. The van der Waals surface area contributed by atoms with Gasteiger partial charge in [0.15, 0.2) is 5.78 Å². The fourth-order valence-corrected chi connectivity index (χ4v) is 7.54. The van der Waals surface area contributed by atoms with Crippen molar-refractivity contribution in [2.24, 2.45) is 11.8 Å². The Labute approximate surface area is 256 Å². The van der Waals surface area contributed by atoms with Crippen LogP contribution in [0.1, 0.15) is 114 Å². The number of benzene rings is 1. The van der Waals surface area contributed by atoms with E-state index in [0.29, 0.717) is 37.5 Å². The van der Waals surface area contributed by atoms with Gasteiger partial charge in [-0.15, -0.1) is 11.3 Å². The van der Waals surface area contributed by atoms with Gasteiger partial charge in [-0.2, -0.15) is 0 Å². The van der Waals surface area contributed by atoms with Crippen LogP contribution in [-0.2, 0) is 20.8 Å². The molecule has 1 aliphatic heterocycles. The maximum atomic E-state index is 13.8. The van der Waals surface area contributed by atoms with Gasteiger partial charge >= 0.3 is 0 Å². The van der Waals surface area contributed by atoms with Crippen LogP contribution in [-0.4, -0.2) is 53.0 Å². The molecule has 1 aromatic carbocycles. The summed E-state index contributed by atoms with van der Waals surface area (Å²) in [5.74, 6) is 0.537. The predicted octanol–water partition coefficient (Wildman–Crippen LogP) is 7.40. The van der Waals surface area contributed by atoms with Crippen LogP contribution in [0, 0.1) is 11.8 Å². The minimum absolute atomic E-state index is 0.0413. The number of carbonyl (C=O) groups excluding carboxylic acids is 3. The average Bonchev–Trinajstić information content (AvgIpc) is 3.41. The summed E-state index contributed by atoms with van der Waals surface area (Å²) in [5.41, 5.74) is 2.23. The molecule has 1 N–H and O–H groups in total. The molecule has 7 heteroatoms. The summed E-state index contributed by atoms with van der Waals surface area (Å²) in [6.07, 6.45) is 15.5. The molecule has 0 unspecified atom stereocenters. The van der Waals surface area contributed by atoms with Crippen LogP contribution < -0.4 is 5.32 Å². The first-order valence-electron chi connectivity index (χ1n) is 16.5. The second-order valence-electron chi connectivity index (χ2n) is 12.8. The van der Waals surface area contributed by atoms with Gasteiger partial charge in [-0.3, -0.25) is 19.3 Å². The van der Waals surface area contributed by atoms with Crippen molar-refractivity contribution in [3.8, 4) is 0 Å². The van der Waals surface area contributed by atoms with Gasteiger partial charge in [0.1, 0.15) is 5.78 Å². The number of Topliss-reactive ketones (excluding diaryl/α,β-unsaturated/α-hetero) is 1. The topological polar surface area (TPSA) is 79.4 Å². The molecule has 1 amide bonds. The quantitative estimate of drug-likeness (QED) is 0.218. The highest BCUT2D eigenvalue weighted by Gasteiger charge is 2.30. The lowest BCUT2D eigenvalue weighted by Crippen LogP contribution is -2.45. The Bertz CT molecular complexity index is 1210. The van der Waals surface area contributed by atoms with E-state index >= 15 is 0 Å². The molecule has 0 bridgehead atoms. The van der Waals surface area contributed by atoms with Gasteiger partial charge in [-0.05, 0) is 80.8 Å². The van der Waals surface area contributed by atoms with Crippen molar-refractivity contribution in [3.05, 3.63) is 40.9 Å². The Kier molecular flexibility index (Phi) is 12.8. The summed E-state index contributed by atoms with van der Waals surface area (Å²) in [7, 11) is 0. The van der Waals surface area contributed by atoms with E-state index in [1.165, 1.54) is 44.1 Å². The number of amides is 1. The zero-order valence-electron chi connectivity index (χ0n) is 26.0. The number of aromatic nitrogens is 1. The van der Waals surface area contributed by atoms with E-state index in [9.17, 15) is 14.4 Å². The number of likely N-dealkylation sites (tertiary alicyclic amines) is 1. The Morgan fingerprint density at radius 2 is 1.81 bits per heavy atom. The van der Waals surface area contributed by atoms with Crippen LogP contribution in [0.5, 0.6) is 0 Å². The summed E-state index contributed by atoms with van der Waals surface area (Å²) in [6.45, 7) is 9.30. The fraction of sp³-hybridized carbons (Fsp3) is 0.657. The highest BCUT2D eigenvalue weighted by atomic mass is 32.1. The molecule has 0 radical (unpaired) electrons. The van der Waals surface area contributed by atoms with Crippen LogP contribution in [0.25, 0.3) is 10.2 Å². The fourth-order valence-electron chi connectivity index (χ4n) is 6.44. The van der Waals surface area contributed by atoms with Crippen molar-refractivity contribution in [3.63, 3.8) is 0 Å². The number of hydrogen-bond acceptors (Lipinski definition) is 6. The Hall–Kier alpha value is -2.38. The minimum atomic E-state index is -0.450. The summed E-state index contributed by atoms with van der Waals surface area (Å²) in [5, 5.41) is 4.26. The first kappa shape index (κ1) is 32.5. The summed E-state index contributed by atoms with van der Waals surface area (Å²) < 4.78 is 1.13.